The van der Waals surface area contributed by atoms with Crippen LogP contribution < -0.4 is 5.32 Å². The van der Waals surface area contributed by atoms with Crippen LogP contribution >= 0.6 is 11.6 Å². The molecule has 7 nitrogen and oxygen atoms in total. The van der Waals surface area contributed by atoms with Crippen LogP contribution in [-0.4, -0.2) is 27.9 Å². The topological polar surface area (TPSA) is 89.6 Å². The van der Waals surface area contributed by atoms with Crippen LogP contribution in [0.15, 0.2) is 64.3 Å². The number of nitrogens with one attached hydrogen (secondary N) is 1. The predicted octanol–water partition coefficient (Wildman–Crippen LogP) is 3.20. The fraction of sp³-hybridized carbons (Fsp3) is 0.158. The van der Waals surface area contributed by atoms with E-state index in [0.717, 1.165) is 11.1 Å². The molecule has 1 aliphatic rings. The van der Waals surface area contributed by atoms with Gasteiger partial charge < -0.3 is 14.7 Å². The fourth-order valence-corrected chi connectivity index (χ4v) is 2.76. The Morgan fingerprint density at radius 3 is 2.67 bits per heavy atom. The average molecular weight is 383 g/mol. The molecule has 1 aromatic heterocycles. The average Bonchev–Trinajstić information content (AvgIpc) is 3.37. The van der Waals surface area contributed by atoms with Gasteiger partial charge in [-0.15, -0.1) is 0 Å². The molecule has 0 saturated carbocycles. The Kier molecular flexibility index (Phi) is 4.84. The van der Waals surface area contributed by atoms with Crippen LogP contribution in [0.5, 0.6) is 0 Å². The second-order valence-corrected chi connectivity index (χ2v) is 6.38. The minimum Gasteiger partial charge on any atom is -0.382 e. The van der Waals surface area contributed by atoms with Gasteiger partial charge in [-0.25, -0.2) is 0 Å². The van der Waals surface area contributed by atoms with Gasteiger partial charge in [-0.3, -0.25) is 4.79 Å². The normalized spacial score (nSPS) is 15.9. The Labute approximate surface area is 160 Å². The van der Waals surface area contributed by atoms with Gasteiger partial charge in [0.2, 0.25) is 17.8 Å². The molecule has 0 spiro atoms. The summed E-state index contributed by atoms with van der Waals surface area (Å²) in [5.41, 5.74) is 2.43. The van der Waals surface area contributed by atoms with Crippen molar-refractivity contribution in [2.75, 3.05) is 0 Å². The lowest BCUT2D eigenvalue weighted by Gasteiger charge is -2.07. The van der Waals surface area contributed by atoms with Crippen LogP contribution in [0.1, 0.15) is 17.9 Å². The molecule has 0 radical (unpaired) electrons. The minimum atomic E-state index is -0.688. The minimum absolute atomic E-state index is 0.120. The van der Waals surface area contributed by atoms with E-state index in [1.165, 1.54) is 0 Å². The molecule has 8 heteroatoms. The molecule has 0 bridgehead atoms. The van der Waals surface area contributed by atoms with Crippen molar-refractivity contribution in [1.82, 2.24) is 15.5 Å². The van der Waals surface area contributed by atoms with Crippen LogP contribution in [-0.2, 0) is 16.2 Å². The maximum absolute atomic E-state index is 12.3. The second kappa shape index (κ2) is 7.59. The number of aromatic nitrogens is 2. The van der Waals surface area contributed by atoms with Crippen LogP contribution in [0.4, 0.5) is 0 Å². The molecule has 136 valence electrons. The Morgan fingerprint density at radius 1 is 1.11 bits per heavy atom. The van der Waals surface area contributed by atoms with Gasteiger partial charge in [-0.2, -0.15) is 4.98 Å². The van der Waals surface area contributed by atoms with E-state index in [-0.39, 0.29) is 12.5 Å². The molecular weight excluding hydrogens is 368 g/mol. The van der Waals surface area contributed by atoms with Crippen molar-refractivity contribution in [1.29, 1.82) is 0 Å². The third-order valence-electron chi connectivity index (χ3n) is 4.05. The first kappa shape index (κ1) is 17.2. The maximum Gasteiger partial charge on any atom is 0.264 e. The second-order valence-electron chi connectivity index (χ2n) is 5.94. The smallest absolute Gasteiger partial charge is 0.264 e. The summed E-state index contributed by atoms with van der Waals surface area (Å²) in [7, 11) is 0. The number of carbonyl (C=O) groups excluding carboxylic acids is 1. The van der Waals surface area contributed by atoms with Gasteiger partial charge in [0.1, 0.15) is 0 Å². The summed E-state index contributed by atoms with van der Waals surface area (Å²) < 4.78 is 5.18. The van der Waals surface area contributed by atoms with Crippen LogP contribution in [0.25, 0.3) is 11.4 Å². The highest BCUT2D eigenvalue weighted by Crippen LogP contribution is 2.19. The lowest BCUT2D eigenvalue weighted by atomic mass is 10.0. The summed E-state index contributed by atoms with van der Waals surface area (Å²) in [6.45, 7) is 0.120. The van der Waals surface area contributed by atoms with Gasteiger partial charge in [-0.05, 0) is 17.7 Å². The number of carbonyl (C=O) groups is 1. The Hall–Kier alpha value is -3.19. The highest BCUT2D eigenvalue weighted by Gasteiger charge is 2.29. The summed E-state index contributed by atoms with van der Waals surface area (Å²) >= 11 is 5.88. The number of hydrogen-bond donors (Lipinski definition) is 1. The zero-order valence-corrected chi connectivity index (χ0v) is 14.9. The number of nitrogens with zero attached hydrogens (tertiary/aromatic N) is 3. The Balaban J connectivity index is 1.32. The van der Waals surface area contributed by atoms with E-state index >= 15 is 0 Å². The number of halogens is 1. The number of oxime groups is 1. The van der Waals surface area contributed by atoms with Gasteiger partial charge in [0, 0.05) is 17.0 Å². The van der Waals surface area contributed by atoms with Crippen molar-refractivity contribution >= 4 is 23.2 Å². The van der Waals surface area contributed by atoms with Crippen molar-refractivity contribution in [2.24, 2.45) is 5.16 Å². The molecule has 4 rings (SSSR count). The molecule has 1 amide bonds. The van der Waals surface area contributed by atoms with Crippen LogP contribution in [0.2, 0.25) is 5.02 Å². The highest BCUT2D eigenvalue weighted by molar-refractivity contribution is 6.30. The molecule has 0 saturated heterocycles. The van der Waals surface area contributed by atoms with Crippen molar-refractivity contribution in [3.8, 4) is 11.4 Å². The number of rotatable bonds is 5. The van der Waals surface area contributed by atoms with Gasteiger partial charge in [-0.1, -0.05) is 64.4 Å². The van der Waals surface area contributed by atoms with E-state index in [1.807, 2.05) is 42.5 Å². The van der Waals surface area contributed by atoms with Crippen molar-refractivity contribution in [3.63, 3.8) is 0 Å². The van der Waals surface area contributed by atoms with E-state index in [0.29, 0.717) is 28.9 Å². The van der Waals surface area contributed by atoms with E-state index in [4.69, 9.17) is 21.0 Å². The molecule has 0 fully saturated rings. The van der Waals surface area contributed by atoms with Crippen LogP contribution in [0.3, 0.4) is 0 Å². The zero-order chi connectivity index (χ0) is 18.6. The number of hydrogen-bond acceptors (Lipinski definition) is 6. The number of amides is 1. The lowest BCUT2D eigenvalue weighted by Crippen LogP contribution is -2.34. The van der Waals surface area contributed by atoms with Gasteiger partial charge in [0.15, 0.2) is 0 Å². The monoisotopic (exact) mass is 382 g/mol. The van der Waals surface area contributed by atoms with Crippen molar-refractivity contribution in [2.45, 2.75) is 19.1 Å². The first-order valence-corrected chi connectivity index (χ1v) is 8.71. The quantitative estimate of drug-likeness (QED) is 0.731. The summed E-state index contributed by atoms with van der Waals surface area (Å²) in [4.78, 5) is 21.8. The largest absolute Gasteiger partial charge is 0.382 e. The summed E-state index contributed by atoms with van der Waals surface area (Å²) in [5, 5.41) is 11.3. The maximum atomic E-state index is 12.3. The van der Waals surface area contributed by atoms with Crippen molar-refractivity contribution in [3.05, 3.63) is 71.1 Å². The van der Waals surface area contributed by atoms with Crippen LogP contribution in [0, 0.1) is 0 Å². The zero-order valence-electron chi connectivity index (χ0n) is 14.1. The summed E-state index contributed by atoms with van der Waals surface area (Å²) in [6, 6.07) is 16.7. The SMILES string of the molecule is O=C(NCc1nc(-c2ccccc2)no1)[C@@H]1CC(c2ccc(Cl)cc2)=NO1. The molecule has 2 heterocycles. The van der Waals surface area contributed by atoms with Gasteiger partial charge in [0.05, 0.1) is 12.3 Å². The molecule has 1 aliphatic heterocycles. The van der Waals surface area contributed by atoms with E-state index in [9.17, 15) is 4.79 Å². The third-order valence-corrected chi connectivity index (χ3v) is 4.30. The molecule has 1 atom stereocenters. The first-order valence-electron chi connectivity index (χ1n) is 8.33. The fourth-order valence-electron chi connectivity index (χ4n) is 2.64. The summed E-state index contributed by atoms with van der Waals surface area (Å²) in [6.07, 6.45) is -0.306. The molecule has 0 unspecified atom stereocenters. The third kappa shape index (κ3) is 3.98. The van der Waals surface area contributed by atoms with Gasteiger partial charge >= 0.3 is 0 Å². The lowest BCUT2D eigenvalue weighted by molar-refractivity contribution is -0.131. The Bertz CT molecular complexity index is 970. The first-order chi connectivity index (χ1) is 13.2. The van der Waals surface area contributed by atoms with E-state index < -0.39 is 6.10 Å². The van der Waals surface area contributed by atoms with E-state index in [1.54, 1.807) is 12.1 Å². The standard InChI is InChI=1S/C19H15ClN4O3/c20-14-8-6-12(7-9-14)15-10-16(26-23-15)19(25)21-11-17-22-18(24-27-17)13-4-2-1-3-5-13/h1-9,16H,10-11H2,(H,21,25)/t16-/m0/s1. The van der Waals surface area contributed by atoms with Gasteiger partial charge in [0.25, 0.3) is 5.91 Å². The molecule has 3 aromatic rings. The number of benzene rings is 2. The highest BCUT2D eigenvalue weighted by atomic mass is 35.5. The molecular formula is C19H15ClN4O3. The molecule has 0 aliphatic carbocycles. The molecule has 27 heavy (non-hydrogen) atoms. The molecule has 1 N–H and O–H groups in total. The predicted molar refractivity (Wildman–Crippen MR) is 99.1 cm³/mol. The Morgan fingerprint density at radius 2 is 1.89 bits per heavy atom. The van der Waals surface area contributed by atoms with Crippen molar-refractivity contribution < 1.29 is 14.2 Å². The molecule has 2 aromatic carbocycles. The van der Waals surface area contributed by atoms with E-state index in [2.05, 4.69) is 20.6 Å². The summed E-state index contributed by atoms with van der Waals surface area (Å²) in [5.74, 6) is 0.506.